The number of anilines is 1. The average Bonchev–Trinajstić information content (AvgIpc) is 3.01. The summed E-state index contributed by atoms with van der Waals surface area (Å²) in [7, 11) is 1.83. The molecule has 2 aromatic heterocycles. The molecule has 0 aliphatic carbocycles. The van der Waals surface area contributed by atoms with Crippen molar-refractivity contribution < 1.29 is 9.18 Å². The third-order valence-electron chi connectivity index (χ3n) is 3.79. The van der Waals surface area contributed by atoms with Gasteiger partial charge in [0, 0.05) is 24.2 Å². The minimum Gasteiger partial charge on any atom is -0.337 e. The van der Waals surface area contributed by atoms with Gasteiger partial charge in [0.1, 0.15) is 16.5 Å². The number of nitrogens with one attached hydrogen (secondary N) is 1. The number of aromatic nitrogens is 3. The van der Waals surface area contributed by atoms with E-state index in [2.05, 4.69) is 15.3 Å². The fraction of sp³-hybridized carbons (Fsp3) is 0.235. The van der Waals surface area contributed by atoms with Gasteiger partial charge in [0.05, 0.1) is 17.0 Å². The second-order valence-corrected chi connectivity index (χ2v) is 7.24. The highest BCUT2D eigenvalue weighted by Gasteiger charge is 2.17. The van der Waals surface area contributed by atoms with Crippen LogP contribution in [0.4, 0.5) is 9.39 Å². The Balaban J connectivity index is 1.78. The number of rotatable bonds is 4. The van der Waals surface area contributed by atoms with E-state index >= 15 is 0 Å². The molecule has 3 rings (SSSR count). The minimum atomic E-state index is -0.380. The third kappa shape index (κ3) is 3.88. The molecule has 1 aromatic carbocycles. The highest BCUT2D eigenvalue weighted by molar-refractivity contribution is 7.16. The Morgan fingerprint density at radius 3 is 2.76 bits per heavy atom. The molecule has 0 radical (unpaired) electrons. The van der Waals surface area contributed by atoms with Crippen molar-refractivity contribution >= 4 is 33.8 Å². The molecule has 0 saturated carbocycles. The minimum absolute atomic E-state index is 0.273. The van der Waals surface area contributed by atoms with Gasteiger partial charge in [-0.1, -0.05) is 11.6 Å². The number of hydrogen-bond acceptors (Lipinski definition) is 4. The highest BCUT2D eigenvalue weighted by atomic mass is 35.5. The third-order valence-corrected chi connectivity index (χ3v) is 5.08. The standard InChI is InChI=1S/C17H16ClFN4OS/c1-9-17(22-16(24)15-10(2)23(3)8-20-15)25-14(21-9)6-11-4-12(18)7-13(19)5-11/h4-5,7-8H,6H2,1-3H3,(H,22,24). The van der Waals surface area contributed by atoms with E-state index in [1.807, 2.05) is 20.9 Å². The van der Waals surface area contributed by atoms with Gasteiger partial charge < -0.3 is 9.88 Å². The Hall–Kier alpha value is -2.25. The van der Waals surface area contributed by atoms with E-state index in [0.717, 1.165) is 16.3 Å². The molecule has 0 aliphatic rings. The van der Waals surface area contributed by atoms with Crippen LogP contribution < -0.4 is 5.32 Å². The summed E-state index contributed by atoms with van der Waals surface area (Å²) in [5, 5.41) is 4.63. The molecule has 1 amide bonds. The first-order valence-electron chi connectivity index (χ1n) is 7.54. The SMILES string of the molecule is Cc1nc(Cc2cc(F)cc(Cl)c2)sc1NC(=O)c1ncn(C)c1C. The van der Waals surface area contributed by atoms with Crippen LogP contribution in [-0.4, -0.2) is 20.4 Å². The van der Waals surface area contributed by atoms with Crippen LogP contribution in [0, 0.1) is 19.7 Å². The quantitative estimate of drug-likeness (QED) is 0.742. The molecule has 0 saturated heterocycles. The fourth-order valence-electron chi connectivity index (χ4n) is 2.41. The maximum atomic E-state index is 13.4. The van der Waals surface area contributed by atoms with Gasteiger partial charge in [0.25, 0.3) is 5.91 Å². The van der Waals surface area contributed by atoms with Crippen molar-refractivity contribution in [3.05, 3.63) is 63.0 Å². The molecule has 2 heterocycles. The normalized spacial score (nSPS) is 10.9. The van der Waals surface area contributed by atoms with E-state index in [1.54, 1.807) is 17.0 Å². The Morgan fingerprint density at radius 2 is 2.12 bits per heavy atom. The number of halogens is 2. The molecule has 0 aliphatic heterocycles. The Morgan fingerprint density at radius 1 is 1.36 bits per heavy atom. The Kier molecular flexibility index (Phi) is 4.87. The van der Waals surface area contributed by atoms with Gasteiger partial charge in [-0.3, -0.25) is 4.79 Å². The molecule has 0 fully saturated rings. The lowest BCUT2D eigenvalue weighted by Crippen LogP contribution is -2.13. The van der Waals surface area contributed by atoms with Crippen LogP contribution in [0.25, 0.3) is 0 Å². The summed E-state index contributed by atoms with van der Waals surface area (Å²) in [6.07, 6.45) is 2.05. The molecule has 0 atom stereocenters. The molecule has 0 bridgehead atoms. The summed E-state index contributed by atoms with van der Waals surface area (Å²) in [4.78, 5) is 20.9. The zero-order valence-electron chi connectivity index (χ0n) is 13.9. The number of amides is 1. The number of thiazole rings is 1. The zero-order valence-corrected chi connectivity index (χ0v) is 15.5. The first kappa shape index (κ1) is 17.6. The van der Waals surface area contributed by atoms with Crippen LogP contribution in [0.5, 0.6) is 0 Å². The van der Waals surface area contributed by atoms with Crippen LogP contribution in [0.1, 0.15) is 32.4 Å². The van der Waals surface area contributed by atoms with Crippen molar-refractivity contribution in [2.45, 2.75) is 20.3 Å². The Labute approximate surface area is 153 Å². The molecule has 25 heavy (non-hydrogen) atoms. The van der Waals surface area contributed by atoms with Crippen molar-refractivity contribution in [1.82, 2.24) is 14.5 Å². The second-order valence-electron chi connectivity index (χ2n) is 5.72. The van der Waals surface area contributed by atoms with Gasteiger partial charge >= 0.3 is 0 Å². The van der Waals surface area contributed by atoms with E-state index in [4.69, 9.17) is 11.6 Å². The van der Waals surface area contributed by atoms with Gasteiger partial charge in [-0.05, 0) is 37.6 Å². The molecule has 130 valence electrons. The lowest BCUT2D eigenvalue weighted by Gasteiger charge is -2.02. The van der Waals surface area contributed by atoms with Gasteiger partial charge in [0.15, 0.2) is 0 Å². The van der Waals surface area contributed by atoms with Crippen molar-refractivity contribution in [1.29, 1.82) is 0 Å². The van der Waals surface area contributed by atoms with E-state index < -0.39 is 0 Å². The lowest BCUT2D eigenvalue weighted by molar-refractivity contribution is 0.102. The number of carbonyl (C=O) groups is 1. The number of nitrogens with zero attached hydrogens (tertiary/aromatic N) is 3. The van der Waals surface area contributed by atoms with Crippen molar-refractivity contribution in [2.24, 2.45) is 7.05 Å². The lowest BCUT2D eigenvalue weighted by atomic mass is 10.1. The second kappa shape index (κ2) is 6.93. The smallest absolute Gasteiger partial charge is 0.276 e. The first-order valence-corrected chi connectivity index (χ1v) is 8.73. The predicted molar refractivity (Wildman–Crippen MR) is 97.0 cm³/mol. The summed E-state index contributed by atoms with van der Waals surface area (Å²) in [6.45, 7) is 3.65. The van der Waals surface area contributed by atoms with Crippen molar-refractivity contribution in [2.75, 3.05) is 5.32 Å². The van der Waals surface area contributed by atoms with Gasteiger partial charge in [-0.2, -0.15) is 0 Å². The highest BCUT2D eigenvalue weighted by Crippen LogP contribution is 2.27. The van der Waals surface area contributed by atoms with E-state index in [-0.39, 0.29) is 11.7 Å². The van der Waals surface area contributed by atoms with Gasteiger partial charge in [0.2, 0.25) is 0 Å². The summed E-state index contributed by atoms with van der Waals surface area (Å²) < 4.78 is 15.2. The van der Waals surface area contributed by atoms with Crippen LogP contribution >= 0.6 is 22.9 Å². The number of benzene rings is 1. The number of aryl methyl sites for hydroxylation is 2. The van der Waals surface area contributed by atoms with E-state index in [9.17, 15) is 9.18 Å². The molecule has 0 unspecified atom stereocenters. The molecule has 8 heteroatoms. The monoisotopic (exact) mass is 378 g/mol. The number of imidazole rings is 1. The summed E-state index contributed by atoms with van der Waals surface area (Å²) >= 11 is 7.24. The first-order chi connectivity index (χ1) is 11.8. The zero-order chi connectivity index (χ0) is 18.1. The predicted octanol–water partition coefficient (Wildman–Crippen LogP) is 4.13. The van der Waals surface area contributed by atoms with E-state index in [1.165, 1.54) is 23.5 Å². The van der Waals surface area contributed by atoms with Gasteiger partial charge in [-0.15, -0.1) is 11.3 Å². The van der Waals surface area contributed by atoms with Crippen molar-refractivity contribution in [3.8, 4) is 0 Å². The topological polar surface area (TPSA) is 59.8 Å². The fourth-order valence-corrected chi connectivity index (χ4v) is 3.65. The summed E-state index contributed by atoms with van der Waals surface area (Å²) in [5.41, 5.74) is 2.62. The number of carbonyl (C=O) groups excluding carboxylic acids is 1. The molecular weight excluding hydrogens is 363 g/mol. The summed E-state index contributed by atoms with van der Waals surface area (Å²) in [5.74, 6) is -0.653. The molecule has 1 N–H and O–H groups in total. The maximum absolute atomic E-state index is 13.4. The van der Waals surface area contributed by atoms with Crippen LogP contribution in [-0.2, 0) is 13.5 Å². The maximum Gasteiger partial charge on any atom is 0.276 e. The molecule has 3 aromatic rings. The van der Waals surface area contributed by atoms with Gasteiger partial charge in [-0.25, -0.2) is 14.4 Å². The van der Waals surface area contributed by atoms with Crippen LogP contribution in [0.15, 0.2) is 24.5 Å². The molecular formula is C17H16ClFN4OS. The van der Waals surface area contributed by atoms with E-state index in [0.29, 0.717) is 27.8 Å². The van der Waals surface area contributed by atoms with Crippen LogP contribution in [0.2, 0.25) is 5.02 Å². The largest absolute Gasteiger partial charge is 0.337 e. The number of hydrogen-bond donors (Lipinski definition) is 1. The Bertz CT molecular complexity index is 930. The summed E-state index contributed by atoms with van der Waals surface area (Å²) in [6, 6.07) is 4.40. The average molecular weight is 379 g/mol. The molecule has 0 spiro atoms. The van der Waals surface area contributed by atoms with Crippen LogP contribution in [0.3, 0.4) is 0 Å². The molecule has 5 nitrogen and oxygen atoms in total. The van der Waals surface area contributed by atoms with Crippen molar-refractivity contribution in [3.63, 3.8) is 0 Å².